The second kappa shape index (κ2) is 8.64. The van der Waals surface area contributed by atoms with Crippen LogP contribution in [-0.2, 0) is 6.42 Å². The number of para-hydroxylation sites is 2. The van der Waals surface area contributed by atoms with Crippen LogP contribution in [0.1, 0.15) is 26.0 Å². The average Bonchev–Trinajstić information content (AvgIpc) is 2.94. The normalized spacial score (nSPS) is 10.6. The highest BCUT2D eigenvalue weighted by Gasteiger charge is 2.06. The lowest BCUT2D eigenvalue weighted by Crippen LogP contribution is -2.16. The van der Waals surface area contributed by atoms with Crippen LogP contribution < -0.4 is 15.4 Å². The maximum Gasteiger partial charge on any atom is 0.187 e. The van der Waals surface area contributed by atoms with Crippen LogP contribution >= 0.6 is 11.3 Å². The van der Waals surface area contributed by atoms with Gasteiger partial charge in [-0.25, -0.2) is 4.98 Å². The number of thiazole rings is 1. The Morgan fingerprint density at radius 1 is 1.24 bits per heavy atom. The first kappa shape index (κ1) is 15.8. The molecule has 2 rings (SSSR count). The Kier molecular flexibility index (Phi) is 6.50. The second-order valence-electron chi connectivity index (χ2n) is 4.72. The SMILES string of the molecule is CCCOc1ccccc1Nc1nc(CCNCC)cs1. The van der Waals surface area contributed by atoms with Crippen LogP contribution in [0.3, 0.4) is 0 Å². The highest BCUT2D eigenvalue weighted by molar-refractivity contribution is 7.13. The molecule has 2 N–H and O–H groups in total. The molecule has 0 fully saturated rings. The summed E-state index contributed by atoms with van der Waals surface area (Å²) in [5.41, 5.74) is 2.09. The van der Waals surface area contributed by atoms with E-state index in [9.17, 15) is 0 Å². The van der Waals surface area contributed by atoms with Crippen molar-refractivity contribution in [1.82, 2.24) is 10.3 Å². The monoisotopic (exact) mass is 305 g/mol. The van der Waals surface area contributed by atoms with Gasteiger partial charge in [0, 0.05) is 18.3 Å². The molecule has 0 amide bonds. The molecule has 5 heteroatoms. The Balaban J connectivity index is 1.98. The number of hydrogen-bond donors (Lipinski definition) is 2. The lowest BCUT2D eigenvalue weighted by Gasteiger charge is -2.10. The van der Waals surface area contributed by atoms with Crippen LogP contribution in [0.15, 0.2) is 29.6 Å². The van der Waals surface area contributed by atoms with Crippen LogP contribution in [0, 0.1) is 0 Å². The number of benzene rings is 1. The van der Waals surface area contributed by atoms with Gasteiger partial charge in [-0.15, -0.1) is 11.3 Å². The summed E-state index contributed by atoms with van der Waals surface area (Å²) in [6, 6.07) is 7.99. The number of anilines is 2. The molecular weight excluding hydrogens is 282 g/mol. The molecule has 0 aliphatic heterocycles. The van der Waals surface area contributed by atoms with Gasteiger partial charge < -0.3 is 15.4 Å². The first-order chi connectivity index (χ1) is 10.3. The summed E-state index contributed by atoms with van der Waals surface area (Å²) < 4.78 is 5.75. The zero-order valence-electron chi connectivity index (χ0n) is 12.7. The first-order valence-corrected chi connectivity index (χ1v) is 8.35. The molecule has 114 valence electrons. The van der Waals surface area contributed by atoms with Crippen molar-refractivity contribution in [3.05, 3.63) is 35.3 Å². The van der Waals surface area contributed by atoms with Crippen LogP contribution in [0.25, 0.3) is 0 Å². The fraction of sp³-hybridized carbons (Fsp3) is 0.438. The Morgan fingerprint density at radius 2 is 2.10 bits per heavy atom. The molecule has 1 aromatic heterocycles. The van der Waals surface area contributed by atoms with E-state index in [2.05, 4.69) is 34.8 Å². The van der Waals surface area contributed by atoms with Gasteiger partial charge in [0.15, 0.2) is 5.13 Å². The molecule has 0 aliphatic rings. The van der Waals surface area contributed by atoms with Crippen molar-refractivity contribution >= 4 is 22.2 Å². The number of nitrogens with one attached hydrogen (secondary N) is 2. The fourth-order valence-electron chi connectivity index (χ4n) is 1.90. The predicted octanol–water partition coefficient (Wildman–Crippen LogP) is 3.83. The number of rotatable bonds is 9. The number of aromatic nitrogens is 1. The molecule has 0 unspecified atom stereocenters. The van der Waals surface area contributed by atoms with E-state index in [1.165, 1.54) is 0 Å². The van der Waals surface area contributed by atoms with Crippen molar-refractivity contribution in [3.63, 3.8) is 0 Å². The summed E-state index contributed by atoms with van der Waals surface area (Å²) in [5, 5.41) is 9.68. The topological polar surface area (TPSA) is 46.2 Å². The van der Waals surface area contributed by atoms with Crippen LogP contribution in [0.2, 0.25) is 0 Å². The number of hydrogen-bond acceptors (Lipinski definition) is 5. The summed E-state index contributed by atoms with van der Waals surface area (Å²) in [6.45, 7) is 6.91. The van der Waals surface area contributed by atoms with Crippen LogP contribution in [0.5, 0.6) is 5.75 Å². The summed E-state index contributed by atoms with van der Waals surface area (Å²) in [6.07, 6.45) is 1.96. The summed E-state index contributed by atoms with van der Waals surface area (Å²) in [7, 11) is 0. The van der Waals surface area contributed by atoms with E-state index in [4.69, 9.17) is 4.74 Å². The molecule has 21 heavy (non-hydrogen) atoms. The first-order valence-electron chi connectivity index (χ1n) is 7.47. The highest BCUT2D eigenvalue weighted by atomic mass is 32.1. The third-order valence-electron chi connectivity index (χ3n) is 2.95. The lowest BCUT2D eigenvalue weighted by molar-refractivity contribution is 0.319. The molecular formula is C16H23N3OS. The lowest BCUT2D eigenvalue weighted by atomic mass is 10.3. The van der Waals surface area contributed by atoms with Gasteiger partial charge in [0.25, 0.3) is 0 Å². The summed E-state index contributed by atoms with van der Waals surface area (Å²) >= 11 is 1.63. The van der Waals surface area contributed by atoms with E-state index >= 15 is 0 Å². The quantitative estimate of drug-likeness (QED) is 0.691. The van der Waals surface area contributed by atoms with Gasteiger partial charge in [0.05, 0.1) is 18.0 Å². The van der Waals surface area contributed by atoms with Gasteiger partial charge in [0.2, 0.25) is 0 Å². The van der Waals surface area contributed by atoms with E-state index in [1.54, 1.807) is 11.3 Å². The zero-order chi connectivity index (χ0) is 14.9. The predicted molar refractivity (Wildman–Crippen MR) is 89.9 cm³/mol. The largest absolute Gasteiger partial charge is 0.491 e. The Morgan fingerprint density at radius 3 is 2.90 bits per heavy atom. The van der Waals surface area contributed by atoms with Gasteiger partial charge in [0.1, 0.15) is 5.75 Å². The number of likely N-dealkylation sites (N-methyl/N-ethyl adjacent to an activating group) is 1. The van der Waals surface area contributed by atoms with Crippen molar-refractivity contribution < 1.29 is 4.74 Å². The molecule has 1 aromatic carbocycles. The number of nitrogens with zero attached hydrogens (tertiary/aromatic N) is 1. The number of ether oxygens (including phenoxy) is 1. The minimum absolute atomic E-state index is 0.727. The van der Waals surface area contributed by atoms with E-state index in [0.29, 0.717) is 0 Å². The molecule has 0 radical (unpaired) electrons. The molecule has 2 aromatic rings. The molecule has 0 spiro atoms. The summed E-state index contributed by atoms with van der Waals surface area (Å²) in [5.74, 6) is 0.878. The van der Waals surface area contributed by atoms with E-state index in [0.717, 1.165) is 54.8 Å². The molecule has 0 saturated heterocycles. The van der Waals surface area contributed by atoms with E-state index in [-0.39, 0.29) is 0 Å². The highest BCUT2D eigenvalue weighted by Crippen LogP contribution is 2.29. The molecule has 0 atom stereocenters. The van der Waals surface area contributed by atoms with Crippen molar-refractivity contribution in [3.8, 4) is 5.75 Å². The minimum atomic E-state index is 0.727. The zero-order valence-corrected chi connectivity index (χ0v) is 13.5. The van der Waals surface area contributed by atoms with Gasteiger partial charge >= 0.3 is 0 Å². The molecule has 1 heterocycles. The maximum absolute atomic E-state index is 5.75. The standard InChI is InChI=1S/C16H23N3OS/c1-3-11-20-15-8-6-5-7-14(15)19-16-18-13(12-21-16)9-10-17-4-2/h5-8,12,17H,3-4,9-11H2,1-2H3,(H,18,19). The van der Waals surface area contributed by atoms with Crippen LogP contribution in [0.4, 0.5) is 10.8 Å². The van der Waals surface area contributed by atoms with Crippen LogP contribution in [-0.4, -0.2) is 24.7 Å². The van der Waals surface area contributed by atoms with Gasteiger partial charge in [-0.1, -0.05) is 26.0 Å². The second-order valence-corrected chi connectivity index (χ2v) is 5.58. The molecule has 0 saturated carbocycles. The maximum atomic E-state index is 5.75. The van der Waals surface area contributed by atoms with Crippen molar-refractivity contribution in [2.45, 2.75) is 26.7 Å². The Labute approximate surface area is 130 Å². The van der Waals surface area contributed by atoms with E-state index < -0.39 is 0 Å². The van der Waals surface area contributed by atoms with E-state index in [1.807, 2.05) is 24.3 Å². The van der Waals surface area contributed by atoms with Gasteiger partial charge in [-0.05, 0) is 25.1 Å². The van der Waals surface area contributed by atoms with Crippen molar-refractivity contribution in [1.29, 1.82) is 0 Å². The van der Waals surface area contributed by atoms with Gasteiger partial charge in [-0.2, -0.15) is 0 Å². The molecule has 4 nitrogen and oxygen atoms in total. The Bertz CT molecular complexity index is 542. The van der Waals surface area contributed by atoms with Gasteiger partial charge in [-0.3, -0.25) is 0 Å². The fourth-order valence-corrected chi connectivity index (χ4v) is 2.65. The average molecular weight is 305 g/mol. The minimum Gasteiger partial charge on any atom is -0.491 e. The Hall–Kier alpha value is -1.59. The smallest absolute Gasteiger partial charge is 0.187 e. The van der Waals surface area contributed by atoms with Crippen molar-refractivity contribution in [2.24, 2.45) is 0 Å². The molecule has 0 bridgehead atoms. The molecule has 0 aliphatic carbocycles. The third-order valence-corrected chi connectivity index (χ3v) is 3.76. The van der Waals surface area contributed by atoms with Crippen molar-refractivity contribution in [2.75, 3.05) is 25.0 Å². The summed E-state index contributed by atoms with van der Waals surface area (Å²) in [4.78, 5) is 4.61. The third kappa shape index (κ3) is 5.02.